The highest BCUT2D eigenvalue weighted by Crippen LogP contribution is 2.12. The molecule has 2 atom stereocenters. The van der Waals surface area contributed by atoms with Gasteiger partial charge in [0, 0.05) is 11.6 Å². The average molecular weight is 218 g/mol. The maximum absolute atomic E-state index is 11.7. The van der Waals surface area contributed by atoms with Crippen LogP contribution in [0.4, 0.5) is 0 Å². The third kappa shape index (κ3) is 2.87. The number of rotatable bonds is 4. The number of aliphatic hydroxyl groups is 1. The van der Waals surface area contributed by atoms with Gasteiger partial charge in [0.2, 0.25) is 5.91 Å². The van der Waals surface area contributed by atoms with E-state index in [9.17, 15) is 4.79 Å². The van der Waals surface area contributed by atoms with E-state index in [0.29, 0.717) is 0 Å². The first kappa shape index (κ1) is 11.8. The summed E-state index contributed by atoms with van der Waals surface area (Å²) < 4.78 is 0. The molecule has 4 nitrogen and oxygen atoms in total. The zero-order valence-electron chi connectivity index (χ0n) is 8.67. The lowest BCUT2D eigenvalue weighted by Gasteiger charge is -2.28. The fourth-order valence-electron chi connectivity index (χ4n) is 1.19. The van der Waals surface area contributed by atoms with Gasteiger partial charge in [0.1, 0.15) is 0 Å². The highest BCUT2D eigenvalue weighted by molar-refractivity contribution is 7.99. The molecule has 3 N–H and O–H groups in total. The van der Waals surface area contributed by atoms with E-state index in [-0.39, 0.29) is 18.6 Å². The number of hydrogen-bond acceptors (Lipinski definition) is 4. The third-order valence-electron chi connectivity index (χ3n) is 2.59. The van der Waals surface area contributed by atoms with Crippen LogP contribution in [0.25, 0.3) is 0 Å². The Kier molecular flexibility index (Phi) is 4.22. The van der Waals surface area contributed by atoms with Gasteiger partial charge in [-0.3, -0.25) is 10.1 Å². The predicted molar refractivity (Wildman–Crippen MR) is 58.2 cm³/mol. The molecular formula is C9H18N2O2S. The first-order chi connectivity index (χ1) is 6.61. The quantitative estimate of drug-likeness (QED) is 0.618. The summed E-state index contributed by atoms with van der Waals surface area (Å²) >= 11 is 1.72. The number of thioether (sulfide) groups is 1. The number of carbonyl (C=O) groups is 1. The van der Waals surface area contributed by atoms with Crippen molar-refractivity contribution in [3.63, 3.8) is 0 Å². The molecule has 1 aliphatic rings. The zero-order chi connectivity index (χ0) is 10.6. The Hall–Kier alpha value is -0.260. The number of aliphatic hydroxyl groups excluding tert-OH is 1. The summed E-state index contributed by atoms with van der Waals surface area (Å²) in [4.78, 5) is 11.7. The monoisotopic (exact) mass is 218 g/mol. The van der Waals surface area contributed by atoms with Crippen molar-refractivity contribution >= 4 is 17.7 Å². The van der Waals surface area contributed by atoms with Crippen LogP contribution in [0.15, 0.2) is 0 Å². The predicted octanol–water partition coefficient (Wildman–Crippen LogP) is -0.0739. The van der Waals surface area contributed by atoms with Crippen molar-refractivity contribution in [2.24, 2.45) is 0 Å². The Morgan fingerprint density at radius 2 is 2.50 bits per heavy atom. The van der Waals surface area contributed by atoms with E-state index in [1.54, 1.807) is 11.8 Å². The highest BCUT2D eigenvalue weighted by Gasteiger charge is 2.29. The summed E-state index contributed by atoms with van der Waals surface area (Å²) in [7, 11) is 0. The summed E-state index contributed by atoms with van der Waals surface area (Å²) in [5, 5.41) is 15.1. The van der Waals surface area contributed by atoms with Crippen LogP contribution in [0.5, 0.6) is 0 Å². The maximum Gasteiger partial charge on any atom is 0.238 e. The molecule has 1 saturated heterocycles. The third-order valence-corrected chi connectivity index (χ3v) is 3.53. The van der Waals surface area contributed by atoms with E-state index in [0.717, 1.165) is 18.1 Å². The Morgan fingerprint density at radius 1 is 1.79 bits per heavy atom. The van der Waals surface area contributed by atoms with Crippen molar-refractivity contribution in [1.29, 1.82) is 0 Å². The minimum absolute atomic E-state index is 0.00611. The topological polar surface area (TPSA) is 61.4 Å². The standard InChI is InChI=1S/C9H18N2O2S/c1-3-9(2,5-12)11-8(13)7-4-14-6-10-7/h7,10,12H,3-6H2,1-2H3,(H,11,13). The Labute approximate surface area is 88.8 Å². The van der Waals surface area contributed by atoms with Crippen LogP contribution in [-0.2, 0) is 4.79 Å². The van der Waals surface area contributed by atoms with Crippen molar-refractivity contribution < 1.29 is 9.90 Å². The smallest absolute Gasteiger partial charge is 0.238 e. The van der Waals surface area contributed by atoms with Crippen molar-refractivity contribution in [2.45, 2.75) is 31.8 Å². The molecule has 0 aromatic heterocycles. The van der Waals surface area contributed by atoms with E-state index < -0.39 is 5.54 Å². The van der Waals surface area contributed by atoms with Gasteiger partial charge < -0.3 is 10.4 Å². The van der Waals surface area contributed by atoms with Crippen molar-refractivity contribution in [3.8, 4) is 0 Å². The molecule has 0 aliphatic carbocycles. The van der Waals surface area contributed by atoms with Crippen molar-refractivity contribution in [1.82, 2.24) is 10.6 Å². The Morgan fingerprint density at radius 3 is 2.93 bits per heavy atom. The molecule has 82 valence electrons. The van der Waals surface area contributed by atoms with Gasteiger partial charge in [-0.2, -0.15) is 0 Å². The first-order valence-electron chi connectivity index (χ1n) is 4.85. The molecule has 14 heavy (non-hydrogen) atoms. The molecule has 1 fully saturated rings. The van der Waals surface area contributed by atoms with Gasteiger partial charge in [-0.25, -0.2) is 0 Å². The van der Waals surface area contributed by atoms with Gasteiger partial charge in [-0.05, 0) is 13.3 Å². The van der Waals surface area contributed by atoms with Crippen LogP contribution in [0, 0.1) is 0 Å². The van der Waals surface area contributed by atoms with E-state index in [4.69, 9.17) is 5.11 Å². The molecule has 1 amide bonds. The fourth-order valence-corrected chi connectivity index (χ4v) is 2.13. The maximum atomic E-state index is 11.7. The van der Waals surface area contributed by atoms with Crippen LogP contribution in [0.3, 0.4) is 0 Å². The molecule has 0 saturated carbocycles. The molecular weight excluding hydrogens is 200 g/mol. The van der Waals surface area contributed by atoms with Crippen LogP contribution in [0.1, 0.15) is 20.3 Å². The molecule has 0 radical (unpaired) electrons. The molecule has 0 aromatic rings. The summed E-state index contributed by atoms with van der Waals surface area (Å²) in [6.07, 6.45) is 0.731. The average Bonchev–Trinajstić information content (AvgIpc) is 2.70. The van der Waals surface area contributed by atoms with Gasteiger partial charge in [0.25, 0.3) is 0 Å². The lowest BCUT2D eigenvalue weighted by atomic mass is 10.00. The lowest BCUT2D eigenvalue weighted by molar-refractivity contribution is -0.124. The van der Waals surface area contributed by atoms with Crippen LogP contribution in [-0.4, -0.2) is 40.8 Å². The lowest BCUT2D eigenvalue weighted by Crippen LogP contribution is -2.54. The minimum atomic E-state index is -0.480. The number of amides is 1. The second kappa shape index (κ2) is 5.00. The second-order valence-electron chi connectivity index (χ2n) is 3.83. The molecule has 5 heteroatoms. The summed E-state index contributed by atoms with van der Waals surface area (Å²) in [6.45, 7) is 3.79. The van der Waals surface area contributed by atoms with Crippen LogP contribution < -0.4 is 10.6 Å². The SMILES string of the molecule is CCC(C)(CO)NC(=O)C1CSCN1. The van der Waals surface area contributed by atoms with Gasteiger partial charge in [-0.1, -0.05) is 6.92 Å². The minimum Gasteiger partial charge on any atom is -0.394 e. The first-order valence-corrected chi connectivity index (χ1v) is 6.01. The summed E-state index contributed by atoms with van der Waals surface area (Å²) in [5.41, 5.74) is -0.480. The van der Waals surface area contributed by atoms with E-state index in [2.05, 4.69) is 10.6 Å². The van der Waals surface area contributed by atoms with E-state index in [1.807, 2.05) is 13.8 Å². The van der Waals surface area contributed by atoms with Crippen molar-refractivity contribution in [3.05, 3.63) is 0 Å². The Balaban J connectivity index is 2.45. The van der Waals surface area contributed by atoms with Crippen molar-refractivity contribution in [2.75, 3.05) is 18.2 Å². The largest absolute Gasteiger partial charge is 0.394 e. The van der Waals surface area contributed by atoms with Crippen LogP contribution in [0.2, 0.25) is 0 Å². The van der Waals surface area contributed by atoms with Gasteiger partial charge in [0.15, 0.2) is 0 Å². The number of carbonyl (C=O) groups excluding carboxylic acids is 1. The van der Waals surface area contributed by atoms with Gasteiger partial charge >= 0.3 is 0 Å². The van der Waals surface area contributed by atoms with Gasteiger partial charge in [0.05, 0.1) is 18.2 Å². The summed E-state index contributed by atoms with van der Waals surface area (Å²) in [6, 6.07) is -0.0996. The molecule has 1 heterocycles. The normalized spacial score (nSPS) is 25.8. The second-order valence-corrected chi connectivity index (χ2v) is 4.86. The molecule has 0 bridgehead atoms. The van der Waals surface area contributed by atoms with E-state index in [1.165, 1.54) is 0 Å². The van der Waals surface area contributed by atoms with Gasteiger partial charge in [-0.15, -0.1) is 11.8 Å². The van der Waals surface area contributed by atoms with Crippen LogP contribution >= 0.6 is 11.8 Å². The molecule has 1 aliphatic heterocycles. The molecule has 1 rings (SSSR count). The molecule has 0 spiro atoms. The summed E-state index contributed by atoms with van der Waals surface area (Å²) in [5.74, 6) is 1.64. The Bertz CT molecular complexity index is 201. The fraction of sp³-hybridized carbons (Fsp3) is 0.889. The zero-order valence-corrected chi connectivity index (χ0v) is 9.49. The number of hydrogen-bond donors (Lipinski definition) is 3. The number of nitrogens with one attached hydrogen (secondary N) is 2. The van der Waals surface area contributed by atoms with E-state index >= 15 is 0 Å². The molecule has 0 aromatic carbocycles. The highest BCUT2D eigenvalue weighted by atomic mass is 32.2. The molecule has 2 unspecified atom stereocenters.